The van der Waals surface area contributed by atoms with Crippen LogP contribution in [0.2, 0.25) is 0 Å². The summed E-state index contributed by atoms with van der Waals surface area (Å²) in [6.45, 7) is 3.33. The van der Waals surface area contributed by atoms with E-state index in [0.717, 1.165) is 36.7 Å². The number of rotatable bonds is 5. The Labute approximate surface area is 111 Å². The first-order chi connectivity index (χ1) is 8.19. The van der Waals surface area contributed by atoms with Crippen molar-refractivity contribution in [1.82, 2.24) is 15.1 Å². The highest BCUT2D eigenvalue weighted by Crippen LogP contribution is 2.37. The molecule has 0 radical (unpaired) electrons. The number of halogens is 1. The van der Waals surface area contributed by atoms with Gasteiger partial charge in [-0.3, -0.25) is 4.68 Å². The first-order valence-corrected chi connectivity index (χ1v) is 7.04. The lowest BCUT2D eigenvalue weighted by Crippen LogP contribution is -2.46. The van der Waals surface area contributed by atoms with Crippen molar-refractivity contribution < 1.29 is 5.11 Å². The van der Waals surface area contributed by atoms with Gasteiger partial charge in [0.2, 0.25) is 0 Å². The van der Waals surface area contributed by atoms with Crippen molar-refractivity contribution in [2.45, 2.75) is 44.2 Å². The summed E-state index contributed by atoms with van der Waals surface area (Å²) in [7, 11) is 0. The second-order valence-electron chi connectivity index (χ2n) is 4.90. The van der Waals surface area contributed by atoms with Crippen molar-refractivity contribution in [3.63, 3.8) is 0 Å². The van der Waals surface area contributed by atoms with E-state index in [2.05, 4.69) is 33.3 Å². The molecule has 1 aliphatic carbocycles. The smallest absolute Gasteiger partial charge is 0.0632 e. The van der Waals surface area contributed by atoms with Crippen LogP contribution in [-0.4, -0.2) is 33.6 Å². The maximum Gasteiger partial charge on any atom is 0.0632 e. The topological polar surface area (TPSA) is 50.1 Å². The predicted molar refractivity (Wildman–Crippen MR) is 70.9 cm³/mol. The first kappa shape index (κ1) is 13.1. The van der Waals surface area contributed by atoms with Gasteiger partial charge in [-0.2, -0.15) is 5.10 Å². The molecule has 1 aromatic heterocycles. The zero-order valence-electron chi connectivity index (χ0n) is 10.2. The Kier molecular flexibility index (Phi) is 4.22. The van der Waals surface area contributed by atoms with E-state index in [1.165, 1.54) is 0 Å². The Bertz CT molecular complexity index is 368. The number of aliphatic hydroxyl groups is 1. The number of hydrogen-bond donors (Lipinski definition) is 2. The summed E-state index contributed by atoms with van der Waals surface area (Å²) in [4.78, 5) is 0. The minimum atomic E-state index is -0.0981. The molecule has 96 valence electrons. The molecule has 0 spiro atoms. The third-order valence-electron chi connectivity index (χ3n) is 3.58. The molecule has 0 aliphatic heterocycles. The lowest BCUT2D eigenvalue weighted by molar-refractivity contribution is 0.160. The van der Waals surface area contributed by atoms with Crippen molar-refractivity contribution in [3.05, 3.63) is 16.9 Å². The van der Waals surface area contributed by atoms with Gasteiger partial charge in [-0.1, -0.05) is 6.92 Å². The van der Waals surface area contributed by atoms with Crippen LogP contribution in [0.4, 0.5) is 0 Å². The zero-order valence-corrected chi connectivity index (χ0v) is 11.8. The quantitative estimate of drug-likeness (QED) is 0.876. The molecule has 2 N–H and O–H groups in total. The van der Waals surface area contributed by atoms with Crippen molar-refractivity contribution in [1.29, 1.82) is 0 Å². The van der Waals surface area contributed by atoms with Crippen molar-refractivity contribution in [3.8, 4) is 0 Å². The van der Waals surface area contributed by atoms with E-state index in [1.54, 1.807) is 0 Å². The van der Waals surface area contributed by atoms with E-state index in [-0.39, 0.29) is 12.1 Å². The number of aliphatic hydroxyl groups excluding tert-OH is 1. The average molecular weight is 302 g/mol. The number of aromatic nitrogens is 2. The van der Waals surface area contributed by atoms with E-state index in [1.807, 2.05) is 17.1 Å². The molecule has 1 heterocycles. The van der Waals surface area contributed by atoms with Gasteiger partial charge in [0.05, 0.1) is 23.3 Å². The molecular weight excluding hydrogens is 282 g/mol. The lowest BCUT2D eigenvalue weighted by Gasteiger charge is -2.28. The zero-order chi connectivity index (χ0) is 12.3. The monoisotopic (exact) mass is 301 g/mol. The molecule has 1 saturated carbocycles. The van der Waals surface area contributed by atoms with Gasteiger partial charge in [0.15, 0.2) is 0 Å². The minimum absolute atomic E-state index is 0.0981. The normalized spacial score (nSPS) is 28.8. The molecule has 0 saturated heterocycles. The van der Waals surface area contributed by atoms with Crippen LogP contribution >= 0.6 is 15.9 Å². The molecule has 2 unspecified atom stereocenters. The number of hydrogen-bond acceptors (Lipinski definition) is 3. The summed E-state index contributed by atoms with van der Waals surface area (Å²) in [5.74, 6) is 0. The van der Waals surface area contributed by atoms with Gasteiger partial charge in [-0.25, -0.2) is 0 Å². The molecule has 1 aliphatic rings. The Hall–Kier alpha value is -0.390. The standard InChI is InChI=1S/C12H20BrN3O/c1-2-5-14-12(9-17)4-3-11(6-12)16-8-10(13)7-15-16/h7-8,11,14,17H,2-6,9H2,1H3. The molecule has 0 aromatic carbocycles. The second kappa shape index (κ2) is 5.50. The van der Waals surface area contributed by atoms with Crippen LogP contribution in [-0.2, 0) is 0 Å². The fourth-order valence-electron chi connectivity index (χ4n) is 2.59. The average Bonchev–Trinajstić information content (AvgIpc) is 2.93. The third kappa shape index (κ3) is 2.89. The molecule has 1 fully saturated rings. The molecular formula is C12H20BrN3O. The van der Waals surface area contributed by atoms with Gasteiger partial charge < -0.3 is 10.4 Å². The van der Waals surface area contributed by atoms with Crippen LogP contribution in [0.15, 0.2) is 16.9 Å². The van der Waals surface area contributed by atoms with E-state index < -0.39 is 0 Å². The van der Waals surface area contributed by atoms with Gasteiger partial charge in [0.25, 0.3) is 0 Å². The van der Waals surface area contributed by atoms with Crippen LogP contribution in [0.1, 0.15) is 38.6 Å². The summed E-state index contributed by atoms with van der Waals surface area (Å²) in [5, 5.41) is 17.4. The van der Waals surface area contributed by atoms with E-state index in [4.69, 9.17) is 0 Å². The summed E-state index contributed by atoms with van der Waals surface area (Å²) >= 11 is 3.42. The summed E-state index contributed by atoms with van der Waals surface area (Å²) in [6, 6.07) is 0.401. The summed E-state index contributed by atoms with van der Waals surface area (Å²) in [5.41, 5.74) is -0.0981. The fourth-order valence-corrected chi connectivity index (χ4v) is 2.89. The van der Waals surface area contributed by atoms with E-state index in [0.29, 0.717) is 6.04 Å². The lowest BCUT2D eigenvalue weighted by atomic mass is 9.98. The Morgan fingerprint density at radius 1 is 1.71 bits per heavy atom. The Morgan fingerprint density at radius 3 is 3.12 bits per heavy atom. The van der Waals surface area contributed by atoms with Crippen molar-refractivity contribution in [2.75, 3.05) is 13.2 Å². The largest absolute Gasteiger partial charge is 0.394 e. The maximum absolute atomic E-state index is 9.61. The molecule has 2 atom stereocenters. The fraction of sp³-hybridized carbons (Fsp3) is 0.750. The second-order valence-corrected chi connectivity index (χ2v) is 5.82. The molecule has 4 nitrogen and oxygen atoms in total. The van der Waals surface area contributed by atoms with Gasteiger partial charge in [-0.05, 0) is 48.2 Å². The molecule has 1 aromatic rings. The Balaban J connectivity index is 2.01. The van der Waals surface area contributed by atoms with Crippen LogP contribution in [0.25, 0.3) is 0 Å². The predicted octanol–water partition coefficient (Wildman–Crippen LogP) is 2.10. The molecule has 0 amide bonds. The number of nitrogens with one attached hydrogen (secondary N) is 1. The Morgan fingerprint density at radius 2 is 2.53 bits per heavy atom. The van der Waals surface area contributed by atoms with Crippen LogP contribution in [0.3, 0.4) is 0 Å². The molecule has 0 bridgehead atoms. The highest BCUT2D eigenvalue weighted by molar-refractivity contribution is 9.10. The highest BCUT2D eigenvalue weighted by atomic mass is 79.9. The van der Waals surface area contributed by atoms with Crippen LogP contribution < -0.4 is 5.32 Å². The van der Waals surface area contributed by atoms with Gasteiger partial charge >= 0.3 is 0 Å². The van der Waals surface area contributed by atoms with Crippen LogP contribution in [0.5, 0.6) is 0 Å². The highest BCUT2D eigenvalue weighted by Gasteiger charge is 2.39. The van der Waals surface area contributed by atoms with E-state index >= 15 is 0 Å². The van der Waals surface area contributed by atoms with E-state index in [9.17, 15) is 5.11 Å². The van der Waals surface area contributed by atoms with Crippen molar-refractivity contribution >= 4 is 15.9 Å². The van der Waals surface area contributed by atoms with Gasteiger partial charge in [0.1, 0.15) is 0 Å². The van der Waals surface area contributed by atoms with Gasteiger partial charge in [0, 0.05) is 11.7 Å². The molecule has 2 rings (SSSR count). The third-order valence-corrected chi connectivity index (χ3v) is 3.99. The SMILES string of the molecule is CCCNC1(CO)CCC(n2cc(Br)cn2)C1. The molecule has 17 heavy (non-hydrogen) atoms. The van der Waals surface area contributed by atoms with Crippen molar-refractivity contribution in [2.24, 2.45) is 0 Å². The molecule has 5 heteroatoms. The van der Waals surface area contributed by atoms with Gasteiger partial charge in [-0.15, -0.1) is 0 Å². The first-order valence-electron chi connectivity index (χ1n) is 6.24. The number of nitrogens with zero attached hydrogens (tertiary/aromatic N) is 2. The van der Waals surface area contributed by atoms with Crippen LogP contribution in [0, 0.1) is 0 Å². The summed E-state index contributed by atoms with van der Waals surface area (Å²) in [6.07, 6.45) is 7.98. The summed E-state index contributed by atoms with van der Waals surface area (Å²) < 4.78 is 3.02. The minimum Gasteiger partial charge on any atom is -0.394 e. The maximum atomic E-state index is 9.61.